The molecule has 4 nitrogen and oxygen atoms in total. The zero-order valence-electron chi connectivity index (χ0n) is 9.70. The van der Waals surface area contributed by atoms with E-state index in [1.165, 1.54) is 0 Å². The summed E-state index contributed by atoms with van der Waals surface area (Å²) in [4.78, 5) is 12.2. The molecule has 0 spiro atoms. The highest BCUT2D eigenvalue weighted by Gasteiger charge is 2.22. The minimum atomic E-state index is -1.39. The van der Waals surface area contributed by atoms with Crippen molar-refractivity contribution in [3.63, 3.8) is 0 Å². The Kier molecular flexibility index (Phi) is 5.14. The van der Waals surface area contributed by atoms with Crippen LogP contribution in [0.15, 0.2) is 27.6 Å². The lowest BCUT2D eigenvalue weighted by Gasteiger charge is -2.12. The predicted octanol–water partition coefficient (Wildman–Crippen LogP) is 1.66. The third-order valence-corrected chi connectivity index (χ3v) is 4.78. The number of nitrogens with one attached hydrogen (secondary N) is 1. The van der Waals surface area contributed by atoms with E-state index in [-0.39, 0.29) is 5.91 Å². The predicted molar refractivity (Wildman–Crippen MR) is 73.1 cm³/mol. The standard InChI is InChI=1S/C11H15BrN2O2S/c1-3-14-11(15)7(2)17(16)10-5-4-8(13)6-9(10)12/h4-7H,3,13H2,1-2H3,(H,14,15). The van der Waals surface area contributed by atoms with Crippen molar-refractivity contribution < 1.29 is 9.00 Å². The molecule has 94 valence electrons. The van der Waals surface area contributed by atoms with Crippen LogP contribution in [0.3, 0.4) is 0 Å². The summed E-state index contributed by atoms with van der Waals surface area (Å²) in [7, 11) is -1.39. The molecule has 1 rings (SSSR count). The van der Waals surface area contributed by atoms with Crippen LogP contribution < -0.4 is 11.1 Å². The lowest BCUT2D eigenvalue weighted by atomic mass is 10.3. The molecule has 3 N–H and O–H groups in total. The summed E-state index contributed by atoms with van der Waals surface area (Å²) in [5.74, 6) is -0.213. The maximum atomic E-state index is 12.2. The smallest absolute Gasteiger partial charge is 0.235 e. The molecule has 0 aliphatic carbocycles. The fourth-order valence-corrected chi connectivity index (χ4v) is 3.27. The average Bonchev–Trinajstić information content (AvgIpc) is 2.27. The second-order valence-corrected chi connectivity index (χ2v) is 6.12. The summed E-state index contributed by atoms with van der Waals surface area (Å²) in [6.07, 6.45) is 0. The highest BCUT2D eigenvalue weighted by atomic mass is 79.9. The van der Waals surface area contributed by atoms with Crippen molar-refractivity contribution in [2.75, 3.05) is 12.3 Å². The highest BCUT2D eigenvalue weighted by Crippen LogP contribution is 2.24. The minimum absolute atomic E-state index is 0.213. The molecule has 0 bridgehead atoms. The van der Waals surface area contributed by atoms with Crippen molar-refractivity contribution in [3.05, 3.63) is 22.7 Å². The van der Waals surface area contributed by atoms with Crippen LogP contribution >= 0.6 is 15.9 Å². The third-order valence-electron chi connectivity index (χ3n) is 2.21. The van der Waals surface area contributed by atoms with E-state index in [0.29, 0.717) is 21.6 Å². The van der Waals surface area contributed by atoms with Gasteiger partial charge in [-0.25, -0.2) is 0 Å². The first-order valence-corrected chi connectivity index (χ1v) is 7.21. The second kappa shape index (κ2) is 6.16. The topological polar surface area (TPSA) is 72.2 Å². The van der Waals surface area contributed by atoms with E-state index in [0.717, 1.165) is 0 Å². The largest absolute Gasteiger partial charge is 0.399 e. The Balaban J connectivity index is 2.92. The van der Waals surface area contributed by atoms with Gasteiger partial charge in [0.05, 0.1) is 15.7 Å². The van der Waals surface area contributed by atoms with Gasteiger partial charge in [0, 0.05) is 16.7 Å². The van der Waals surface area contributed by atoms with Crippen LogP contribution in [0.25, 0.3) is 0 Å². The lowest BCUT2D eigenvalue weighted by Crippen LogP contribution is -2.35. The van der Waals surface area contributed by atoms with Crippen molar-refractivity contribution in [1.29, 1.82) is 0 Å². The Morgan fingerprint density at radius 2 is 2.24 bits per heavy atom. The number of anilines is 1. The van der Waals surface area contributed by atoms with Crippen molar-refractivity contribution in [2.24, 2.45) is 0 Å². The summed E-state index contributed by atoms with van der Waals surface area (Å²) in [5, 5.41) is 2.07. The molecule has 0 heterocycles. The van der Waals surface area contributed by atoms with Gasteiger partial charge in [0.15, 0.2) is 0 Å². The first kappa shape index (κ1) is 14.2. The minimum Gasteiger partial charge on any atom is -0.399 e. The van der Waals surface area contributed by atoms with Crippen LogP contribution in [-0.4, -0.2) is 21.9 Å². The van der Waals surface area contributed by atoms with E-state index in [1.54, 1.807) is 25.1 Å². The van der Waals surface area contributed by atoms with Gasteiger partial charge < -0.3 is 11.1 Å². The number of halogens is 1. The number of carbonyl (C=O) groups is 1. The highest BCUT2D eigenvalue weighted by molar-refractivity contribution is 9.10. The number of amides is 1. The third kappa shape index (κ3) is 3.54. The van der Waals surface area contributed by atoms with Crippen molar-refractivity contribution >= 4 is 38.3 Å². The molecule has 0 aromatic heterocycles. The number of rotatable bonds is 4. The molecule has 0 aliphatic rings. The Hall–Kier alpha value is -0.880. The molecule has 2 atom stereocenters. The quantitative estimate of drug-likeness (QED) is 0.829. The van der Waals surface area contributed by atoms with E-state index in [9.17, 15) is 9.00 Å². The summed E-state index contributed by atoms with van der Waals surface area (Å²) < 4.78 is 12.8. The van der Waals surface area contributed by atoms with Crippen LogP contribution in [-0.2, 0) is 15.6 Å². The van der Waals surface area contributed by atoms with E-state index in [2.05, 4.69) is 21.2 Å². The average molecular weight is 319 g/mol. The molecule has 1 aromatic rings. The van der Waals surface area contributed by atoms with Crippen LogP contribution in [0.4, 0.5) is 5.69 Å². The number of carbonyl (C=O) groups excluding carboxylic acids is 1. The van der Waals surface area contributed by atoms with Gasteiger partial charge in [-0.05, 0) is 48.0 Å². The van der Waals surface area contributed by atoms with Gasteiger partial charge in [0.25, 0.3) is 0 Å². The SMILES string of the molecule is CCNC(=O)C(C)S(=O)c1ccc(N)cc1Br. The number of benzene rings is 1. The molecule has 1 aromatic carbocycles. The zero-order valence-corrected chi connectivity index (χ0v) is 12.1. The Morgan fingerprint density at radius 3 is 2.76 bits per heavy atom. The molecule has 17 heavy (non-hydrogen) atoms. The van der Waals surface area contributed by atoms with E-state index in [4.69, 9.17) is 5.73 Å². The monoisotopic (exact) mass is 318 g/mol. The van der Waals surface area contributed by atoms with Crippen molar-refractivity contribution in [2.45, 2.75) is 24.0 Å². The van der Waals surface area contributed by atoms with Gasteiger partial charge >= 0.3 is 0 Å². The fraction of sp³-hybridized carbons (Fsp3) is 0.364. The van der Waals surface area contributed by atoms with E-state index >= 15 is 0 Å². The van der Waals surface area contributed by atoms with Gasteiger partial charge in [0.1, 0.15) is 5.25 Å². The van der Waals surface area contributed by atoms with Crippen LogP contribution in [0.2, 0.25) is 0 Å². The molecule has 2 unspecified atom stereocenters. The van der Waals surface area contributed by atoms with Crippen LogP contribution in [0, 0.1) is 0 Å². The molecule has 0 aliphatic heterocycles. The van der Waals surface area contributed by atoms with Gasteiger partial charge in [-0.1, -0.05) is 0 Å². The van der Waals surface area contributed by atoms with Crippen molar-refractivity contribution in [3.8, 4) is 0 Å². The Morgan fingerprint density at radius 1 is 1.59 bits per heavy atom. The van der Waals surface area contributed by atoms with Crippen LogP contribution in [0.5, 0.6) is 0 Å². The molecular weight excluding hydrogens is 304 g/mol. The second-order valence-electron chi connectivity index (χ2n) is 3.52. The molecule has 6 heteroatoms. The summed E-state index contributed by atoms with van der Waals surface area (Å²) >= 11 is 3.30. The Bertz CT molecular complexity index is 451. The first-order chi connectivity index (χ1) is 7.97. The summed E-state index contributed by atoms with van der Waals surface area (Å²) in [6, 6.07) is 5.02. The van der Waals surface area contributed by atoms with Gasteiger partial charge in [-0.15, -0.1) is 0 Å². The maximum Gasteiger partial charge on any atom is 0.235 e. The number of hydrogen-bond donors (Lipinski definition) is 2. The van der Waals surface area contributed by atoms with E-state index in [1.807, 2.05) is 6.92 Å². The molecule has 0 saturated carbocycles. The molecule has 0 fully saturated rings. The lowest BCUT2D eigenvalue weighted by molar-refractivity contribution is -0.120. The number of nitrogen functional groups attached to an aromatic ring is 1. The Labute approximate surface area is 112 Å². The molecule has 0 radical (unpaired) electrons. The van der Waals surface area contributed by atoms with Crippen molar-refractivity contribution in [1.82, 2.24) is 5.32 Å². The van der Waals surface area contributed by atoms with E-state index < -0.39 is 16.0 Å². The number of nitrogens with two attached hydrogens (primary N) is 1. The molecule has 1 amide bonds. The van der Waals surface area contributed by atoms with Gasteiger partial charge in [-0.2, -0.15) is 0 Å². The van der Waals surface area contributed by atoms with Crippen LogP contribution in [0.1, 0.15) is 13.8 Å². The summed E-state index contributed by atoms with van der Waals surface area (Å²) in [6.45, 7) is 4.00. The normalized spacial score (nSPS) is 14.1. The fourth-order valence-electron chi connectivity index (χ4n) is 1.29. The summed E-state index contributed by atoms with van der Waals surface area (Å²) in [5.41, 5.74) is 6.19. The zero-order chi connectivity index (χ0) is 13.0. The maximum absolute atomic E-state index is 12.2. The first-order valence-electron chi connectivity index (χ1n) is 5.20. The van der Waals surface area contributed by atoms with Gasteiger partial charge in [0.2, 0.25) is 5.91 Å². The molecular formula is C11H15BrN2O2S. The number of hydrogen-bond acceptors (Lipinski definition) is 3. The molecule has 0 saturated heterocycles. The van der Waals surface area contributed by atoms with Gasteiger partial charge in [-0.3, -0.25) is 9.00 Å².